The number of sulfonamides is 1. The molecule has 2 aromatic rings. The average molecular weight is 451 g/mol. The molecule has 0 atom stereocenters. The van der Waals surface area contributed by atoms with Crippen LogP contribution in [0, 0.1) is 0 Å². The van der Waals surface area contributed by atoms with Gasteiger partial charge in [-0.1, -0.05) is 18.6 Å². The molecule has 3 rings (SSSR count). The molecule has 1 N–H and O–H groups in total. The minimum absolute atomic E-state index is 0.0507. The summed E-state index contributed by atoms with van der Waals surface area (Å²) in [6, 6.07) is 11.1. The third-order valence-corrected chi connectivity index (χ3v) is 6.07. The molecule has 1 aliphatic heterocycles. The van der Waals surface area contributed by atoms with E-state index < -0.39 is 22.5 Å². The SMILES string of the molecule is CN1CCCCCC1=NS(=O)(=O)c1cccc(NC(=O)c2cccc(OC(F)F)c2)c1. The zero-order valence-corrected chi connectivity index (χ0v) is 17.7. The van der Waals surface area contributed by atoms with Gasteiger partial charge in [-0.15, -0.1) is 4.40 Å². The van der Waals surface area contributed by atoms with Gasteiger partial charge < -0.3 is 15.0 Å². The normalized spacial score (nSPS) is 16.3. The van der Waals surface area contributed by atoms with Crippen LogP contribution in [0.1, 0.15) is 36.0 Å². The first-order chi connectivity index (χ1) is 14.7. The number of hydrogen-bond acceptors (Lipinski definition) is 4. The minimum atomic E-state index is -3.96. The second-order valence-electron chi connectivity index (χ2n) is 7.10. The summed E-state index contributed by atoms with van der Waals surface area (Å²) in [4.78, 5) is 14.3. The first-order valence-electron chi connectivity index (χ1n) is 9.76. The maximum atomic E-state index is 12.8. The van der Waals surface area contributed by atoms with Crippen molar-refractivity contribution in [2.45, 2.75) is 37.2 Å². The molecular weight excluding hydrogens is 428 g/mol. The van der Waals surface area contributed by atoms with Crippen molar-refractivity contribution >= 4 is 27.5 Å². The van der Waals surface area contributed by atoms with Crippen LogP contribution >= 0.6 is 0 Å². The van der Waals surface area contributed by atoms with Crippen LogP contribution in [-0.2, 0) is 10.0 Å². The lowest BCUT2D eigenvalue weighted by atomic mass is 10.2. The molecule has 0 radical (unpaired) electrons. The van der Waals surface area contributed by atoms with Gasteiger partial charge in [0, 0.05) is 31.3 Å². The van der Waals surface area contributed by atoms with E-state index >= 15 is 0 Å². The Bertz CT molecular complexity index is 1070. The maximum Gasteiger partial charge on any atom is 0.387 e. The number of benzene rings is 2. The van der Waals surface area contributed by atoms with Crippen LogP contribution in [0.4, 0.5) is 14.5 Å². The van der Waals surface area contributed by atoms with Crippen molar-refractivity contribution in [2.24, 2.45) is 4.40 Å². The molecule has 7 nitrogen and oxygen atoms in total. The van der Waals surface area contributed by atoms with E-state index in [-0.39, 0.29) is 21.9 Å². The number of nitrogens with one attached hydrogen (secondary N) is 1. The van der Waals surface area contributed by atoms with Gasteiger partial charge in [-0.3, -0.25) is 4.79 Å². The molecule has 31 heavy (non-hydrogen) atoms. The van der Waals surface area contributed by atoms with Gasteiger partial charge in [0.05, 0.1) is 4.90 Å². The van der Waals surface area contributed by atoms with E-state index in [4.69, 9.17) is 0 Å². The molecule has 1 saturated heterocycles. The fourth-order valence-corrected chi connectivity index (χ4v) is 4.33. The molecule has 2 aromatic carbocycles. The lowest BCUT2D eigenvalue weighted by Crippen LogP contribution is -2.26. The number of anilines is 1. The number of carbonyl (C=O) groups excluding carboxylic acids is 1. The van der Waals surface area contributed by atoms with Crippen molar-refractivity contribution in [2.75, 3.05) is 18.9 Å². The monoisotopic (exact) mass is 451 g/mol. The van der Waals surface area contributed by atoms with Gasteiger partial charge in [0.2, 0.25) is 0 Å². The number of rotatable bonds is 6. The zero-order chi connectivity index (χ0) is 22.4. The largest absolute Gasteiger partial charge is 0.435 e. The molecule has 0 spiro atoms. The predicted molar refractivity (Wildman–Crippen MR) is 113 cm³/mol. The Hall–Kier alpha value is -3.01. The van der Waals surface area contributed by atoms with E-state index in [0.29, 0.717) is 12.3 Å². The van der Waals surface area contributed by atoms with Crippen LogP contribution in [0.25, 0.3) is 0 Å². The van der Waals surface area contributed by atoms with E-state index in [9.17, 15) is 22.0 Å². The number of carbonyl (C=O) groups is 1. The highest BCUT2D eigenvalue weighted by Crippen LogP contribution is 2.22. The number of alkyl halides is 2. The van der Waals surface area contributed by atoms with Crippen molar-refractivity contribution < 1.29 is 26.7 Å². The summed E-state index contributed by atoms with van der Waals surface area (Å²) < 4.78 is 58.7. The summed E-state index contributed by atoms with van der Waals surface area (Å²) in [5.74, 6) is -0.228. The molecule has 0 bridgehead atoms. The van der Waals surface area contributed by atoms with Crippen molar-refractivity contribution in [3.63, 3.8) is 0 Å². The Balaban J connectivity index is 1.79. The number of amides is 1. The van der Waals surface area contributed by atoms with Gasteiger partial charge in [0.1, 0.15) is 11.6 Å². The van der Waals surface area contributed by atoms with Crippen molar-refractivity contribution in [1.29, 1.82) is 0 Å². The second kappa shape index (κ2) is 9.86. The van der Waals surface area contributed by atoms with Crippen LogP contribution in [0.3, 0.4) is 0 Å². The Morgan fingerprint density at radius 2 is 1.90 bits per heavy atom. The van der Waals surface area contributed by atoms with E-state index in [1.807, 2.05) is 11.9 Å². The van der Waals surface area contributed by atoms with E-state index in [0.717, 1.165) is 25.8 Å². The molecular formula is C21H23F2N3O4S. The molecule has 0 aromatic heterocycles. The molecule has 166 valence electrons. The minimum Gasteiger partial charge on any atom is -0.435 e. The summed E-state index contributed by atoms with van der Waals surface area (Å²) in [6.45, 7) is -2.26. The average Bonchev–Trinajstić information content (AvgIpc) is 2.92. The maximum absolute atomic E-state index is 12.8. The summed E-state index contributed by atoms with van der Waals surface area (Å²) in [5.41, 5.74) is 0.326. The third kappa shape index (κ3) is 6.24. The second-order valence-corrected chi connectivity index (χ2v) is 8.71. The molecule has 1 aliphatic rings. The van der Waals surface area contributed by atoms with Crippen LogP contribution in [0.2, 0.25) is 0 Å². The fourth-order valence-electron chi connectivity index (χ4n) is 3.19. The Kier molecular flexibility index (Phi) is 7.21. The molecule has 10 heteroatoms. The van der Waals surface area contributed by atoms with Crippen molar-refractivity contribution in [1.82, 2.24) is 4.90 Å². The molecule has 1 fully saturated rings. The Morgan fingerprint density at radius 3 is 2.68 bits per heavy atom. The van der Waals surface area contributed by atoms with Crippen molar-refractivity contribution in [3.8, 4) is 5.75 Å². The summed E-state index contributed by atoms with van der Waals surface area (Å²) >= 11 is 0. The quantitative estimate of drug-likeness (QED) is 0.713. The molecule has 1 heterocycles. The van der Waals surface area contributed by atoms with Crippen LogP contribution < -0.4 is 10.1 Å². The van der Waals surface area contributed by atoms with E-state index in [1.165, 1.54) is 48.5 Å². The lowest BCUT2D eigenvalue weighted by molar-refractivity contribution is -0.0498. The number of amidine groups is 1. The van der Waals surface area contributed by atoms with Crippen molar-refractivity contribution in [3.05, 3.63) is 54.1 Å². The molecule has 0 saturated carbocycles. The Morgan fingerprint density at radius 1 is 1.13 bits per heavy atom. The smallest absolute Gasteiger partial charge is 0.387 e. The van der Waals surface area contributed by atoms with Gasteiger partial charge in [-0.25, -0.2) is 0 Å². The van der Waals surface area contributed by atoms with E-state index in [2.05, 4.69) is 14.5 Å². The lowest BCUT2D eigenvalue weighted by Gasteiger charge is -2.17. The van der Waals surface area contributed by atoms with Gasteiger partial charge in [-0.2, -0.15) is 17.2 Å². The van der Waals surface area contributed by atoms with Crippen LogP contribution in [0.15, 0.2) is 57.8 Å². The first kappa shape index (κ1) is 22.7. The fraction of sp³-hybridized carbons (Fsp3) is 0.333. The number of ether oxygens (including phenoxy) is 1. The van der Waals surface area contributed by atoms with Gasteiger partial charge >= 0.3 is 6.61 Å². The third-order valence-electron chi connectivity index (χ3n) is 4.77. The van der Waals surface area contributed by atoms with Gasteiger partial charge in [0.15, 0.2) is 0 Å². The topological polar surface area (TPSA) is 88.1 Å². The highest BCUT2D eigenvalue weighted by molar-refractivity contribution is 7.90. The molecule has 0 unspecified atom stereocenters. The summed E-state index contributed by atoms with van der Waals surface area (Å²) in [6.07, 6.45) is 3.47. The zero-order valence-electron chi connectivity index (χ0n) is 16.9. The number of nitrogens with zero attached hydrogens (tertiary/aromatic N) is 2. The predicted octanol–water partition coefficient (Wildman–Crippen LogP) is 4.13. The van der Waals surface area contributed by atoms with E-state index in [1.54, 1.807) is 0 Å². The van der Waals surface area contributed by atoms with Gasteiger partial charge in [-0.05, 0) is 49.2 Å². The molecule has 0 aliphatic carbocycles. The highest BCUT2D eigenvalue weighted by atomic mass is 32.2. The first-order valence-corrected chi connectivity index (χ1v) is 11.2. The van der Waals surface area contributed by atoms with Gasteiger partial charge in [0.25, 0.3) is 15.9 Å². The molecule has 1 amide bonds. The Labute approximate surface area is 179 Å². The summed E-state index contributed by atoms with van der Waals surface area (Å²) in [7, 11) is -2.14. The van der Waals surface area contributed by atoms with Crippen LogP contribution in [-0.4, -0.2) is 45.3 Å². The van der Waals surface area contributed by atoms with Crippen LogP contribution in [0.5, 0.6) is 5.75 Å². The number of likely N-dealkylation sites (tertiary alicyclic amines) is 1. The number of halogens is 2. The summed E-state index contributed by atoms with van der Waals surface area (Å²) in [5, 5.41) is 2.57. The standard InChI is InChI=1S/C21H23F2N3O4S/c1-26-12-4-2-3-11-19(26)25-31(28,29)18-10-6-8-16(14-18)24-20(27)15-7-5-9-17(13-15)30-21(22)23/h5-10,13-14,21H,2-4,11-12H2,1H3,(H,24,27). The highest BCUT2D eigenvalue weighted by Gasteiger charge is 2.19. The number of hydrogen-bond donors (Lipinski definition) is 1.